The zero-order valence-electron chi connectivity index (χ0n) is 12.1. The molecule has 0 bridgehead atoms. The normalized spacial score (nSPS) is 15.0. The number of hydrogen-bond donors (Lipinski definition) is 2. The number of aromatic nitrogens is 1. The highest BCUT2D eigenvalue weighted by Gasteiger charge is 2.16. The third-order valence-corrected chi connectivity index (χ3v) is 4.12. The van der Waals surface area contributed by atoms with Gasteiger partial charge in [-0.2, -0.15) is 0 Å². The van der Waals surface area contributed by atoms with E-state index in [0.29, 0.717) is 6.42 Å². The molecule has 0 spiro atoms. The third kappa shape index (κ3) is 2.21. The second kappa shape index (κ2) is 5.19. The number of carbonyl (C=O) groups is 1. The summed E-state index contributed by atoms with van der Waals surface area (Å²) in [5.41, 5.74) is 5.44. The molecule has 0 radical (unpaired) electrons. The number of aromatic amines is 1. The van der Waals surface area contributed by atoms with Crippen LogP contribution in [0.4, 0.5) is 5.69 Å². The lowest BCUT2D eigenvalue weighted by Gasteiger charge is -1.99. The van der Waals surface area contributed by atoms with Crippen LogP contribution in [-0.2, 0) is 11.2 Å². The Morgan fingerprint density at radius 1 is 1.09 bits per heavy atom. The highest BCUT2D eigenvalue weighted by Crippen LogP contribution is 2.30. The van der Waals surface area contributed by atoms with Crippen molar-refractivity contribution in [3.63, 3.8) is 0 Å². The van der Waals surface area contributed by atoms with Crippen LogP contribution >= 0.6 is 0 Å². The Kier molecular flexibility index (Phi) is 3.04. The van der Waals surface area contributed by atoms with Crippen LogP contribution in [0.25, 0.3) is 16.5 Å². The summed E-state index contributed by atoms with van der Waals surface area (Å²) in [7, 11) is 0. The maximum Gasteiger partial charge on any atom is 0.160 e. The molecule has 0 aliphatic carbocycles. The lowest BCUT2D eigenvalue weighted by atomic mass is 10.0. The van der Waals surface area contributed by atoms with Crippen LogP contribution < -0.4 is 5.32 Å². The summed E-state index contributed by atoms with van der Waals surface area (Å²) in [6.07, 6.45) is 4.14. The average molecular weight is 288 g/mol. The van der Waals surface area contributed by atoms with Crippen LogP contribution in [0.15, 0.2) is 60.8 Å². The van der Waals surface area contributed by atoms with Crippen LogP contribution in [0.3, 0.4) is 0 Å². The molecular formula is C19H16N2O. The topological polar surface area (TPSA) is 44.9 Å². The minimum atomic E-state index is 0.137. The van der Waals surface area contributed by atoms with Gasteiger partial charge in [0.2, 0.25) is 0 Å². The van der Waals surface area contributed by atoms with Crippen LogP contribution in [0.5, 0.6) is 0 Å². The Labute approximate surface area is 128 Å². The summed E-state index contributed by atoms with van der Waals surface area (Å²) >= 11 is 0. The van der Waals surface area contributed by atoms with E-state index in [1.807, 2.05) is 48.7 Å². The van der Waals surface area contributed by atoms with Gasteiger partial charge in [0.25, 0.3) is 0 Å². The Morgan fingerprint density at radius 2 is 1.91 bits per heavy atom. The lowest BCUT2D eigenvalue weighted by Crippen LogP contribution is -2.01. The fourth-order valence-corrected chi connectivity index (χ4v) is 3.04. The Bertz CT molecular complexity index is 889. The zero-order chi connectivity index (χ0) is 14.9. The SMILES string of the molecule is O=C(C=C1CNc2ccccc21)Cc1c[nH]c2ccccc12. The number of carbonyl (C=O) groups excluding carboxylic acids is 1. The Hall–Kier alpha value is -2.81. The predicted octanol–water partition coefficient (Wildman–Crippen LogP) is 3.79. The first-order valence-corrected chi connectivity index (χ1v) is 7.43. The fraction of sp³-hybridized carbons (Fsp3) is 0.105. The minimum Gasteiger partial charge on any atom is -0.380 e. The number of rotatable bonds is 3. The van der Waals surface area contributed by atoms with E-state index in [-0.39, 0.29) is 5.78 Å². The number of fused-ring (bicyclic) bond motifs is 2. The van der Waals surface area contributed by atoms with Gasteiger partial charge in [0, 0.05) is 41.3 Å². The van der Waals surface area contributed by atoms with Gasteiger partial charge in [0.1, 0.15) is 0 Å². The molecule has 3 heteroatoms. The van der Waals surface area contributed by atoms with Gasteiger partial charge in [0.05, 0.1) is 0 Å². The molecule has 1 aromatic heterocycles. The van der Waals surface area contributed by atoms with E-state index in [9.17, 15) is 4.79 Å². The molecule has 0 unspecified atom stereocenters. The van der Waals surface area contributed by atoms with E-state index in [0.717, 1.165) is 39.8 Å². The molecular weight excluding hydrogens is 272 g/mol. The summed E-state index contributed by atoms with van der Waals surface area (Å²) in [4.78, 5) is 15.6. The summed E-state index contributed by atoms with van der Waals surface area (Å²) in [5.74, 6) is 0.137. The molecule has 2 N–H and O–H groups in total. The van der Waals surface area contributed by atoms with E-state index < -0.39 is 0 Å². The van der Waals surface area contributed by atoms with Gasteiger partial charge < -0.3 is 10.3 Å². The number of benzene rings is 2. The number of ketones is 1. The van der Waals surface area contributed by atoms with Crippen molar-refractivity contribution < 1.29 is 4.79 Å². The Morgan fingerprint density at radius 3 is 2.86 bits per heavy atom. The van der Waals surface area contributed by atoms with Crippen molar-refractivity contribution >= 4 is 27.9 Å². The van der Waals surface area contributed by atoms with Crippen molar-refractivity contribution in [1.82, 2.24) is 4.98 Å². The van der Waals surface area contributed by atoms with E-state index in [2.05, 4.69) is 16.4 Å². The highest BCUT2D eigenvalue weighted by atomic mass is 16.1. The van der Waals surface area contributed by atoms with Gasteiger partial charge in [-0.25, -0.2) is 0 Å². The molecule has 0 fully saturated rings. The molecule has 3 nitrogen and oxygen atoms in total. The molecule has 108 valence electrons. The van der Waals surface area contributed by atoms with Crippen molar-refractivity contribution in [3.05, 3.63) is 71.9 Å². The fourth-order valence-electron chi connectivity index (χ4n) is 3.04. The summed E-state index contributed by atoms with van der Waals surface area (Å²) in [6.45, 7) is 0.721. The van der Waals surface area contributed by atoms with Gasteiger partial charge in [-0.1, -0.05) is 36.4 Å². The van der Waals surface area contributed by atoms with Crippen molar-refractivity contribution in [2.45, 2.75) is 6.42 Å². The maximum absolute atomic E-state index is 12.4. The number of nitrogens with one attached hydrogen (secondary N) is 2. The first kappa shape index (κ1) is 12.9. The van der Waals surface area contributed by atoms with Crippen molar-refractivity contribution in [2.75, 3.05) is 11.9 Å². The molecule has 1 aliphatic heterocycles. The summed E-state index contributed by atoms with van der Waals surface area (Å²) in [5, 5.41) is 4.44. The van der Waals surface area contributed by atoms with Crippen LogP contribution in [0, 0.1) is 0 Å². The molecule has 0 saturated heterocycles. The lowest BCUT2D eigenvalue weighted by molar-refractivity contribution is -0.113. The van der Waals surface area contributed by atoms with Gasteiger partial charge in [0.15, 0.2) is 5.78 Å². The third-order valence-electron chi connectivity index (χ3n) is 4.12. The number of anilines is 1. The maximum atomic E-state index is 12.4. The van der Waals surface area contributed by atoms with Crippen molar-refractivity contribution in [2.24, 2.45) is 0 Å². The number of H-pyrrole nitrogens is 1. The van der Waals surface area contributed by atoms with E-state index in [1.54, 1.807) is 6.08 Å². The summed E-state index contributed by atoms with van der Waals surface area (Å²) in [6, 6.07) is 16.2. The standard InChI is InChI=1S/C19H16N2O/c22-15(9-13-11-20-18-7-3-1-5-16(13)18)10-14-12-21-19-8-4-2-6-17(14)19/h1-9,12,20-21H,10-11H2. The average Bonchev–Trinajstić information content (AvgIpc) is 3.13. The summed E-state index contributed by atoms with van der Waals surface area (Å²) < 4.78 is 0. The van der Waals surface area contributed by atoms with E-state index in [4.69, 9.17) is 0 Å². The van der Waals surface area contributed by atoms with Crippen LogP contribution in [0.2, 0.25) is 0 Å². The number of hydrogen-bond acceptors (Lipinski definition) is 2. The molecule has 0 amide bonds. The largest absolute Gasteiger partial charge is 0.380 e. The number of allylic oxidation sites excluding steroid dienone is 1. The molecule has 22 heavy (non-hydrogen) atoms. The molecule has 1 aliphatic rings. The highest BCUT2D eigenvalue weighted by molar-refractivity contribution is 6.02. The first-order valence-electron chi connectivity index (χ1n) is 7.43. The van der Waals surface area contributed by atoms with Crippen LogP contribution in [0.1, 0.15) is 11.1 Å². The van der Waals surface area contributed by atoms with E-state index >= 15 is 0 Å². The molecule has 4 rings (SSSR count). The van der Waals surface area contributed by atoms with Gasteiger partial charge in [-0.05, 0) is 29.3 Å². The monoisotopic (exact) mass is 288 g/mol. The minimum absolute atomic E-state index is 0.137. The molecule has 3 aromatic rings. The Balaban J connectivity index is 1.60. The zero-order valence-corrected chi connectivity index (χ0v) is 12.1. The quantitative estimate of drug-likeness (QED) is 0.720. The second-order valence-corrected chi connectivity index (χ2v) is 5.57. The molecule has 0 atom stereocenters. The second-order valence-electron chi connectivity index (χ2n) is 5.57. The van der Waals surface area contributed by atoms with Gasteiger partial charge in [-0.15, -0.1) is 0 Å². The molecule has 2 aromatic carbocycles. The molecule has 2 heterocycles. The van der Waals surface area contributed by atoms with Crippen molar-refractivity contribution in [1.29, 1.82) is 0 Å². The van der Waals surface area contributed by atoms with Gasteiger partial charge >= 0.3 is 0 Å². The number of para-hydroxylation sites is 2. The molecule has 0 saturated carbocycles. The smallest absolute Gasteiger partial charge is 0.160 e. The first-order chi connectivity index (χ1) is 10.8. The van der Waals surface area contributed by atoms with Crippen LogP contribution in [-0.4, -0.2) is 17.3 Å². The predicted molar refractivity (Wildman–Crippen MR) is 89.9 cm³/mol. The van der Waals surface area contributed by atoms with Crippen molar-refractivity contribution in [3.8, 4) is 0 Å². The van der Waals surface area contributed by atoms with Gasteiger partial charge in [-0.3, -0.25) is 4.79 Å². The van der Waals surface area contributed by atoms with E-state index in [1.165, 1.54) is 0 Å².